The van der Waals surface area contributed by atoms with Gasteiger partial charge in [-0.05, 0) is 44.2 Å². The predicted molar refractivity (Wildman–Crippen MR) is 128 cm³/mol. The van der Waals surface area contributed by atoms with Gasteiger partial charge in [-0.3, -0.25) is 14.3 Å². The zero-order valence-electron chi connectivity index (χ0n) is 20.1. The Bertz CT molecular complexity index is 1660. The first kappa shape index (κ1) is 28.0. The highest BCUT2D eigenvalue weighted by Crippen LogP contribution is 2.38. The van der Waals surface area contributed by atoms with Crippen molar-refractivity contribution in [2.75, 3.05) is 0 Å². The van der Waals surface area contributed by atoms with E-state index in [1.54, 1.807) is 35.1 Å². The average molecular weight is 572 g/mol. The molecule has 0 atom stereocenters. The molecule has 1 aromatic carbocycles. The molecule has 0 radical (unpaired) electrons. The first-order valence-electron chi connectivity index (χ1n) is 11.0. The van der Waals surface area contributed by atoms with Crippen LogP contribution in [0.2, 0.25) is 0 Å². The standard InChI is InChI=1S/C24H19F6N5O3S/c1-22(2,24(28,29)30)34-39(37,38)15-8-9-17(32-12-15)19-18(20(31)36)16-10-13(23(25,26)27)11-33-21(16)35(19)14-6-4-3-5-7-14/h3-12,34H,1-2H3,(H2,31,36). The number of sulfonamides is 1. The zero-order valence-corrected chi connectivity index (χ0v) is 20.9. The maximum atomic E-state index is 13.4. The second kappa shape index (κ2) is 9.34. The molecule has 0 saturated carbocycles. The highest BCUT2D eigenvalue weighted by atomic mass is 32.2. The molecule has 0 fully saturated rings. The number of nitrogens with one attached hydrogen (secondary N) is 1. The number of benzene rings is 1. The van der Waals surface area contributed by atoms with E-state index in [-0.39, 0.29) is 28.0 Å². The van der Waals surface area contributed by atoms with Crippen LogP contribution in [0.4, 0.5) is 26.3 Å². The second-order valence-corrected chi connectivity index (χ2v) is 10.6. The van der Waals surface area contributed by atoms with E-state index in [2.05, 4.69) is 9.97 Å². The van der Waals surface area contributed by atoms with Crippen LogP contribution in [0.25, 0.3) is 28.1 Å². The Kier molecular flexibility index (Phi) is 6.71. The highest BCUT2D eigenvalue weighted by molar-refractivity contribution is 7.89. The number of pyridine rings is 2. The zero-order chi connectivity index (χ0) is 29.0. The number of fused-ring (bicyclic) bond motifs is 1. The van der Waals surface area contributed by atoms with Crippen LogP contribution < -0.4 is 10.5 Å². The fourth-order valence-electron chi connectivity index (χ4n) is 3.77. The largest absolute Gasteiger partial charge is 0.417 e. The predicted octanol–water partition coefficient (Wildman–Crippen LogP) is 4.82. The number of primary amides is 1. The summed E-state index contributed by atoms with van der Waals surface area (Å²) in [6.45, 7) is 1.29. The lowest BCUT2D eigenvalue weighted by molar-refractivity contribution is -0.180. The number of carbonyl (C=O) groups excluding carboxylic acids is 1. The summed E-state index contributed by atoms with van der Waals surface area (Å²) in [5.41, 5.74) is 1.37. The lowest BCUT2D eigenvalue weighted by Crippen LogP contribution is -2.54. The summed E-state index contributed by atoms with van der Waals surface area (Å²) in [4.78, 5) is 19.9. The fourth-order valence-corrected chi connectivity index (χ4v) is 5.12. The van der Waals surface area contributed by atoms with Crippen LogP contribution in [-0.4, -0.2) is 40.6 Å². The van der Waals surface area contributed by atoms with E-state index in [1.165, 1.54) is 4.57 Å². The number of hydrogen-bond acceptors (Lipinski definition) is 5. The number of para-hydroxylation sites is 1. The number of amides is 1. The van der Waals surface area contributed by atoms with Gasteiger partial charge in [0.25, 0.3) is 5.91 Å². The van der Waals surface area contributed by atoms with Gasteiger partial charge in [0.2, 0.25) is 10.0 Å². The molecule has 4 aromatic rings. The lowest BCUT2D eigenvalue weighted by Gasteiger charge is -2.28. The monoisotopic (exact) mass is 571 g/mol. The van der Waals surface area contributed by atoms with Gasteiger partial charge in [-0.2, -0.15) is 31.1 Å². The maximum Gasteiger partial charge on any atom is 0.417 e. The summed E-state index contributed by atoms with van der Waals surface area (Å²) in [5, 5.41) is -0.233. The van der Waals surface area contributed by atoms with E-state index in [9.17, 15) is 39.6 Å². The van der Waals surface area contributed by atoms with Crippen molar-refractivity contribution in [1.82, 2.24) is 19.3 Å². The van der Waals surface area contributed by atoms with Gasteiger partial charge in [-0.1, -0.05) is 18.2 Å². The Labute approximate surface area is 217 Å². The summed E-state index contributed by atoms with van der Waals surface area (Å²) in [6, 6.07) is 10.8. The van der Waals surface area contributed by atoms with E-state index < -0.39 is 44.3 Å². The minimum absolute atomic E-state index is 0.0647. The molecule has 3 heterocycles. The fraction of sp³-hybridized carbons (Fsp3) is 0.208. The number of hydrogen-bond donors (Lipinski definition) is 2. The average Bonchev–Trinajstić information content (AvgIpc) is 3.17. The molecule has 0 aliphatic heterocycles. The topological polar surface area (TPSA) is 120 Å². The molecular weight excluding hydrogens is 552 g/mol. The van der Waals surface area contributed by atoms with Gasteiger partial charge in [-0.15, -0.1) is 0 Å². The van der Waals surface area contributed by atoms with Crippen molar-refractivity contribution in [2.45, 2.75) is 36.6 Å². The van der Waals surface area contributed by atoms with Gasteiger partial charge in [0.1, 0.15) is 16.1 Å². The van der Waals surface area contributed by atoms with Crippen molar-refractivity contribution in [3.8, 4) is 17.1 Å². The summed E-state index contributed by atoms with van der Waals surface area (Å²) < 4.78 is 108. The van der Waals surface area contributed by atoms with Gasteiger partial charge < -0.3 is 5.73 Å². The van der Waals surface area contributed by atoms with Crippen LogP contribution in [-0.2, 0) is 16.2 Å². The minimum Gasteiger partial charge on any atom is -0.366 e. The van der Waals surface area contributed by atoms with Gasteiger partial charge in [0.15, 0.2) is 0 Å². The van der Waals surface area contributed by atoms with Crippen molar-refractivity contribution >= 4 is 27.0 Å². The molecule has 4 rings (SSSR count). The van der Waals surface area contributed by atoms with Crippen LogP contribution in [0, 0.1) is 0 Å². The normalized spacial score (nSPS) is 13.1. The molecule has 0 bridgehead atoms. The Balaban J connectivity index is 1.95. The molecule has 1 amide bonds. The number of aromatic nitrogens is 3. The number of carbonyl (C=O) groups is 1. The molecule has 8 nitrogen and oxygen atoms in total. The van der Waals surface area contributed by atoms with Gasteiger partial charge in [0, 0.05) is 23.5 Å². The molecule has 3 N–H and O–H groups in total. The van der Waals surface area contributed by atoms with Crippen molar-refractivity contribution in [2.24, 2.45) is 5.73 Å². The minimum atomic E-state index is -4.90. The van der Waals surface area contributed by atoms with E-state index >= 15 is 0 Å². The van der Waals surface area contributed by atoms with E-state index in [0.717, 1.165) is 18.3 Å². The molecule has 3 aromatic heterocycles. The van der Waals surface area contributed by atoms with E-state index in [1.807, 2.05) is 0 Å². The SMILES string of the molecule is CC(C)(NS(=O)(=O)c1ccc(-c2c(C(N)=O)c3cc(C(F)(F)F)cnc3n2-c2ccccc2)nc1)C(F)(F)F. The van der Waals surface area contributed by atoms with Crippen molar-refractivity contribution in [3.05, 3.63) is 72.1 Å². The van der Waals surface area contributed by atoms with E-state index in [4.69, 9.17) is 5.73 Å². The Morgan fingerprint density at radius 1 is 0.949 bits per heavy atom. The third kappa shape index (κ3) is 5.18. The number of nitrogens with two attached hydrogens (primary N) is 1. The number of halogens is 6. The molecule has 0 saturated heterocycles. The lowest BCUT2D eigenvalue weighted by atomic mass is 10.1. The van der Waals surface area contributed by atoms with Crippen LogP contribution in [0.5, 0.6) is 0 Å². The third-order valence-corrected chi connectivity index (χ3v) is 7.42. The Morgan fingerprint density at radius 3 is 2.10 bits per heavy atom. The third-order valence-electron chi connectivity index (χ3n) is 5.78. The number of nitrogens with zero attached hydrogens (tertiary/aromatic N) is 3. The molecule has 0 aliphatic carbocycles. The Hall–Kier alpha value is -3.98. The summed E-state index contributed by atoms with van der Waals surface area (Å²) in [7, 11) is -4.70. The first-order chi connectivity index (χ1) is 17.9. The van der Waals surface area contributed by atoms with Crippen molar-refractivity contribution in [3.63, 3.8) is 0 Å². The molecule has 206 valence electrons. The van der Waals surface area contributed by atoms with Crippen LogP contribution >= 0.6 is 0 Å². The summed E-state index contributed by atoms with van der Waals surface area (Å²) in [6.07, 6.45) is -8.33. The Morgan fingerprint density at radius 2 is 1.59 bits per heavy atom. The molecule has 39 heavy (non-hydrogen) atoms. The molecule has 0 aliphatic rings. The van der Waals surface area contributed by atoms with Gasteiger partial charge in [0.05, 0.1) is 22.5 Å². The summed E-state index contributed by atoms with van der Waals surface area (Å²) >= 11 is 0. The maximum absolute atomic E-state index is 13.4. The molecule has 15 heteroatoms. The first-order valence-corrected chi connectivity index (χ1v) is 12.5. The van der Waals surface area contributed by atoms with Crippen molar-refractivity contribution in [1.29, 1.82) is 0 Å². The van der Waals surface area contributed by atoms with Crippen LogP contribution in [0.3, 0.4) is 0 Å². The smallest absolute Gasteiger partial charge is 0.366 e. The van der Waals surface area contributed by atoms with Crippen LogP contribution in [0.1, 0.15) is 29.8 Å². The quantitative estimate of drug-likeness (QED) is 0.322. The molecular formula is C24H19F6N5O3S. The molecule has 0 unspecified atom stereocenters. The van der Waals surface area contributed by atoms with Crippen molar-refractivity contribution < 1.29 is 39.6 Å². The van der Waals surface area contributed by atoms with Crippen LogP contribution in [0.15, 0.2) is 65.8 Å². The summed E-state index contributed by atoms with van der Waals surface area (Å²) in [5.74, 6) is -1.11. The number of rotatable bonds is 6. The molecule has 0 spiro atoms. The second-order valence-electron chi connectivity index (χ2n) is 8.96. The highest BCUT2D eigenvalue weighted by Gasteiger charge is 2.50. The van der Waals surface area contributed by atoms with E-state index in [0.29, 0.717) is 31.8 Å². The van der Waals surface area contributed by atoms with Gasteiger partial charge in [-0.25, -0.2) is 13.4 Å². The van der Waals surface area contributed by atoms with Gasteiger partial charge >= 0.3 is 12.4 Å². The number of alkyl halides is 6.